The Balaban J connectivity index is 1.31. The van der Waals surface area contributed by atoms with Gasteiger partial charge >= 0.3 is 0 Å². The van der Waals surface area contributed by atoms with Gasteiger partial charge in [-0.15, -0.1) is 0 Å². The monoisotopic (exact) mass is 613 g/mol. The van der Waals surface area contributed by atoms with Gasteiger partial charge in [-0.2, -0.15) is 5.26 Å². The van der Waals surface area contributed by atoms with Crippen LogP contribution in [0.3, 0.4) is 0 Å². The molecule has 220 valence electrons. The lowest BCUT2D eigenvalue weighted by Crippen LogP contribution is -2.48. The van der Waals surface area contributed by atoms with Gasteiger partial charge in [0.15, 0.2) is 11.5 Å². The highest BCUT2D eigenvalue weighted by Crippen LogP contribution is 2.38. The van der Waals surface area contributed by atoms with Crippen molar-refractivity contribution < 1.29 is 14.3 Å². The molecular formula is C32H31N5O4S2. The molecule has 43 heavy (non-hydrogen) atoms. The summed E-state index contributed by atoms with van der Waals surface area (Å²) in [6.45, 7) is 8.50. The Labute approximate surface area is 259 Å². The molecule has 0 spiro atoms. The minimum Gasteiger partial charge on any atom is -0.454 e. The predicted molar refractivity (Wildman–Crippen MR) is 171 cm³/mol. The van der Waals surface area contributed by atoms with E-state index in [1.165, 1.54) is 17.3 Å². The van der Waals surface area contributed by atoms with Gasteiger partial charge in [0.2, 0.25) is 6.79 Å². The van der Waals surface area contributed by atoms with E-state index in [0.717, 1.165) is 31.0 Å². The van der Waals surface area contributed by atoms with E-state index in [-0.39, 0.29) is 23.8 Å². The van der Waals surface area contributed by atoms with Gasteiger partial charge < -0.3 is 14.4 Å². The first-order valence-electron chi connectivity index (χ1n) is 14.2. The molecule has 0 atom stereocenters. The number of thiocarbonyl (C=S) groups is 1. The number of hydrogen-bond donors (Lipinski definition) is 0. The number of carbonyl (C=O) groups excluding carboxylic acids is 1. The van der Waals surface area contributed by atoms with E-state index in [1.807, 2.05) is 37.3 Å². The third-order valence-electron chi connectivity index (χ3n) is 8.01. The second-order valence-electron chi connectivity index (χ2n) is 10.6. The summed E-state index contributed by atoms with van der Waals surface area (Å²) in [7, 11) is 0. The molecule has 0 bridgehead atoms. The minimum absolute atomic E-state index is 0.0930. The molecule has 4 heterocycles. The molecule has 0 aliphatic carbocycles. The number of nitrogens with zero attached hydrogens (tertiary/aromatic N) is 5. The van der Waals surface area contributed by atoms with E-state index >= 15 is 0 Å². The van der Waals surface area contributed by atoms with Gasteiger partial charge in [0, 0.05) is 44.8 Å². The molecule has 1 aromatic heterocycles. The Morgan fingerprint density at radius 1 is 1.00 bits per heavy atom. The van der Waals surface area contributed by atoms with Gasteiger partial charge in [-0.3, -0.25) is 24.0 Å². The van der Waals surface area contributed by atoms with Crippen molar-refractivity contribution in [2.45, 2.75) is 33.5 Å². The fraction of sp³-hybridized carbons (Fsp3) is 0.312. The number of ether oxygens (including phenoxy) is 2. The van der Waals surface area contributed by atoms with Gasteiger partial charge in [-0.25, -0.2) is 0 Å². The van der Waals surface area contributed by atoms with Crippen molar-refractivity contribution in [3.63, 3.8) is 0 Å². The summed E-state index contributed by atoms with van der Waals surface area (Å²) in [4.78, 5) is 33.8. The van der Waals surface area contributed by atoms with E-state index in [2.05, 4.69) is 40.1 Å². The number of pyridine rings is 1. The standard InChI is InChI=1S/C32H31N5O4S2/c1-3-36-29(35-13-11-34(12-14-35)18-22-7-5-4-6-8-22)24(21(2)25(17-33)30(36)38)16-28-31(39)37(32(42)43-28)19-23-9-10-26-27(15-23)41-20-40-26/h4-10,15-16H,3,11-14,18-20H2,1-2H3/b28-16-. The summed E-state index contributed by atoms with van der Waals surface area (Å²) in [6.07, 6.45) is 1.81. The van der Waals surface area contributed by atoms with Gasteiger partial charge in [-0.05, 0) is 48.7 Å². The first-order valence-corrected chi connectivity index (χ1v) is 15.4. The van der Waals surface area contributed by atoms with Gasteiger partial charge in [0.1, 0.15) is 21.8 Å². The van der Waals surface area contributed by atoms with Crippen molar-refractivity contribution >= 4 is 46.1 Å². The van der Waals surface area contributed by atoms with Gasteiger partial charge in [0.05, 0.1) is 11.4 Å². The van der Waals surface area contributed by atoms with Gasteiger partial charge in [0.25, 0.3) is 11.5 Å². The molecule has 1 amide bonds. The molecule has 2 saturated heterocycles. The number of carbonyl (C=O) groups is 1. The minimum atomic E-state index is -0.309. The highest BCUT2D eigenvalue weighted by molar-refractivity contribution is 8.26. The number of hydrogen-bond acceptors (Lipinski definition) is 9. The van der Waals surface area contributed by atoms with Crippen LogP contribution in [0.2, 0.25) is 0 Å². The Morgan fingerprint density at radius 2 is 1.74 bits per heavy atom. The summed E-state index contributed by atoms with van der Waals surface area (Å²) in [5.74, 6) is 1.86. The summed E-state index contributed by atoms with van der Waals surface area (Å²) in [5.41, 5.74) is 3.20. The Kier molecular flexibility index (Phi) is 8.25. The van der Waals surface area contributed by atoms with E-state index < -0.39 is 0 Å². The van der Waals surface area contributed by atoms with Crippen LogP contribution in [0.5, 0.6) is 11.5 Å². The topological polar surface area (TPSA) is 91.0 Å². The molecule has 3 aliphatic rings. The fourth-order valence-corrected chi connectivity index (χ4v) is 6.96. The zero-order chi connectivity index (χ0) is 30.1. The lowest BCUT2D eigenvalue weighted by molar-refractivity contribution is -0.122. The second-order valence-corrected chi connectivity index (χ2v) is 12.3. The number of nitriles is 1. The average molecular weight is 614 g/mol. The quantitative estimate of drug-likeness (QED) is 0.282. The van der Waals surface area contributed by atoms with Crippen LogP contribution in [0.25, 0.3) is 6.08 Å². The van der Waals surface area contributed by atoms with Crippen LogP contribution in [0.1, 0.15) is 34.7 Å². The number of amides is 1. The molecular weight excluding hydrogens is 583 g/mol. The number of benzene rings is 2. The van der Waals surface area contributed by atoms with Crippen molar-refractivity contribution in [3.05, 3.63) is 91.6 Å². The van der Waals surface area contributed by atoms with Crippen molar-refractivity contribution in [1.29, 1.82) is 5.26 Å². The molecule has 11 heteroatoms. The summed E-state index contributed by atoms with van der Waals surface area (Å²) >= 11 is 6.87. The Bertz CT molecular complexity index is 1720. The molecule has 0 radical (unpaired) electrons. The molecule has 0 unspecified atom stereocenters. The third kappa shape index (κ3) is 5.66. The summed E-state index contributed by atoms with van der Waals surface area (Å²) in [5, 5.41) is 9.92. The van der Waals surface area contributed by atoms with E-state index in [1.54, 1.807) is 16.4 Å². The highest BCUT2D eigenvalue weighted by Gasteiger charge is 2.34. The molecule has 2 aromatic carbocycles. The largest absolute Gasteiger partial charge is 0.454 e. The number of anilines is 1. The van der Waals surface area contributed by atoms with Crippen LogP contribution in [-0.2, 0) is 24.4 Å². The van der Waals surface area contributed by atoms with E-state index in [0.29, 0.717) is 58.0 Å². The maximum Gasteiger partial charge on any atom is 0.270 e. The van der Waals surface area contributed by atoms with Crippen molar-refractivity contribution in [1.82, 2.24) is 14.4 Å². The Hall–Kier alpha value is -4.11. The van der Waals surface area contributed by atoms with Crippen molar-refractivity contribution in [2.24, 2.45) is 0 Å². The smallest absolute Gasteiger partial charge is 0.270 e. The zero-order valence-corrected chi connectivity index (χ0v) is 25.7. The lowest BCUT2D eigenvalue weighted by atomic mass is 10.0. The number of rotatable bonds is 7. The van der Waals surface area contributed by atoms with Crippen molar-refractivity contribution in [3.8, 4) is 17.6 Å². The molecule has 2 fully saturated rings. The van der Waals surface area contributed by atoms with Gasteiger partial charge in [-0.1, -0.05) is 60.4 Å². The fourth-order valence-electron chi connectivity index (χ4n) is 5.73. The zero-order valence-electron chi connectivity index (χ0n) is 24.0. The van der Waals surface area contributed by atoms with Crippen LogP contribution in [0.4, 0.5) is 5.82 Å². The molecule has 9 nitrogen and oxygen atoms in total. The molecule has 0 saturated carbocycles. The molecule has 0 N–H and O–H groups in total. The number of fused-ring (bicyclic) bond motifs is 1. The van der Waals surface area contributed by atoms with Crippen LogP contribution < -0.4 is 19.9 Å². The molecule has 6 rings (SSSR count). The van der Waals surface area contributed by atoms with Crippen LogP contribution >= 0.6 is 24.0 Å². The molecule has 3 aliphatic heterocycles. The maximum absolute atomic E-state index is 13.7. The van der Waals surface area contributed by atoms with E-state index in [9.17, 15) is 14.9 Å². The van der Waals surface area contributed by atoms with E-state index in [4.69, 9.17) is 21.7 Å². The maximum atomic E-state index is 13.7. The second kappa shape index (κ2) is 12.2. The lowest BCUT2D eigenvalue weighted by Gasteiger charge is -2.38. The Morgan fingerprint density at radius 3 is 2.47 bits per heavy atom. The number of aromatic nitrogens is 1. The number of thioether (sulfide) groups is 1. The predicted octanol–water partition coefficient (Wildman–Crippen LogP) is 4.50. The highest BCUT2D eigenvalue weighted by atomic mass is 32.2. The first kappa shape index (κ1) is 29.0. The third-order valence-corrected chi connectivity index (χ3v) is 9.39. The van der Waals surface area contributed by atoms with Crippen LogP contribution in [0, 0.1) is 18.3 Å². The normalized spacial score (nSPS) is 17.7. The van der Waals surface area contributed by atoms with Crippen molar-refractivity contribution in [2.75, 3.05) is 37.9 Å². The van der Waals surface area contributed by atoms with Crippen LogP contribution in [-0.4, -0.2) is 57.6 Å². The average Bonchev–Trinajstić information content (AvgIpc) is 3.59. The summed E-state index contributed by atoms with van der Waals surface area (Å²) in [6, 6.07) is 18.1. The SMILES string of the molecule is CCn1c(N2CCN(Cc3ccccc3)CC2)c(/C=C2\SC(=S)N(Cc3ccc4c(c3)OCO4)C2=O)c(C)c(C#N)c1=O. The van der Waals surface area contributed by atoms with Crippen LogP contribution in [0.15, 0.2) is 58.2 Å². The first-order chi connectivity index (χ1) is 20.9. The number of piperazine rings is 1. The molecule has 3 aromatic rings. The summed E-state index contributed by atoms with van der Waals surface area (Å²) < 4.78 is 13.0.